The molecule has 0 spiro atoms. The lowest BCUT2D eigenvalue weighted by Crippen LogP contribution is -2.34. The maximum atomic E-state index is 12.5. The molecule has 1 aliphatic rings. The van der Waals surface area contributed by atoms with E-state index in [1.807, 2.05) is 37.2 Å². The van der Waals surface area contributed by atoms with Gasteiger partial charge in [0.15, 0.2) is 0 Å². The van der Waals surface area contributed by atoms with Gasteiger partial charge in [0.2, 0.25) is 0 Å². The third-order valence-corrected chi connectivity index (χ3v) is 3.55. The lowest BCUT2D eigenvalue weighted by atomic mass is 10.1. The van der Waals surface area contributed by atoms with Crippen LogP contribution in [0.1, 0.15) is 22.3 Å². The zero-order valence-corrected chi connectivity index (χ0v) is 12.1. The molecule has 1 amide bonds. The normalized spacial score (nSPS) is 16.1. The highest BCUT2D eigenvalue weighted by Gasteiger charge is 2.17. The average molecular weight is 261 g/mol. The molecule has 4 nitrogen and oxygen atoms in total. The standard InChI is InChI=1S/C15H23N3O/c1-12-11-13(5-6-14(12)17(2)3)15(19)18-9-4-7-16-8-10-18/h5-6,11,16H,4,7-10H2,1-3H3. The van der Waals surface area contributed by atoms with Crippen molar-refractivity contribution in [3.8, 4) is 0 Å². The Labute approximate surface area is 115 Å². The summed E-state index contributed by atoms with van der Waals surface area (Å²) in [5.41, 5.74) is 3.10. The summed E-state index contributed by atoms with van der Waals surface area (Å²) in [6, 6.07) is 5.96. The highest BCUT2D eigenvalue weighted by atomic mass is 16.2. The first-order valence-corrected chi connectivity index (χ1v) is 6.87. The number of hydrogen-bond acceptors (Lipinski definition) is 3. The largest absolute Gasteiger partial charge is 0.377 e. The van der Waals surface area contributed by atoms with E-state index in [-0.39, 0.29) is 5.91 Å². The van der Waals surface area contributed by atoms with Crippen molar-refractivity contribution >= 4 is 11.6 Å². The number of nitrogens with zero attached hydrogens (tertiary/aromatic N) is 2. The Morgan fingerprint density at radius 1 is 1.26 bits per heavy atom. The first-order chi connectivity index (χ1) is 9.09. The Kier molecular flexibility index (Phi) is 4.43. The van der Waals surface area contributed by atoms with Crippen molar-refractivity contribution in [2.75, 3.05) is 45.2 Å². The number of carbonyl (C=O) groups is 1. The molecule has 19 heavy (non-hydrogen) atoms. The summed E-state index contributed by atoms with van der Waals surface area (Å²) >= 11 is 0. The van der Waals surface area contributed by atoms with Crippen molar-refractivity contribution < 1.29 is 4.79 Å². The molecule has 0 aromatic heterocycles. The highest BCUT2D eigenvalue weighted by molar-refractivity contribution is 5.95. The van der Waals surface area contributed by atoms with E-state index in [1.54, 1.807) is 0 Å². The predicted molar refractivity (Wildman–Crippen MR) is 78.9 cm³/mol. The summed E-state index contributed by atoms with van der Waals surface area (Å²) in [7, 11) is 4.04. The number of rotatable bonds is 2. The van der Waals surface area contributed by atoms with E-state index >= 15 is 0 Å². The van der Waals surface area contributed by atoms with Gasteiger partial charge in [0, 0.05) is 45.0 Å². The Hall–Kier alpha value is -1.55. The number of hydrogen-bond donors (Lipinski definition) is 1. The number of aryl methyl sites for hydroxylation is 1. The van der Waals surface area contributed by atoms with Gasteiger partial charge in [-0.2, -0.15) is 0 Å². The molecule has 1 heterocycles. The van der Waals surface area contributed by atoms with Crippen LogP contribution in [-0.4, -0.2) is 51.1 Å². The number of anilines is 1. The summed E-state index contributed by atoms with van der Waals surface area (Å²) in [4.78, 5) is 16.5. The van der Waals surface area contributed by atoms with Crippen molar-refractivity contribution in [2.24, 2.45) is 0 Å². The topological polar surface area (TPSA) is 35.6 Å². The predicted octanol–water partition coefficient (Wildman–Crippen LogP) is 1.50. The van der Waals surface area contributed by atoms with Crippen LogP contribution in [0.5, 0.6) is 0 Å². The van der Waals surface area contributed by atoms with Gasteiger partial charge in [0.25, 0.3) is 5.91 Å². The first kappa shape index (κ1) is 13.9. The van der Waals surface area contributed by atoms with E-state index in [0.29, 0.717) is 0 Å². The second-order valence-electron chi connectivity index (χ2n) is 5.29. The molecule has 1 fully saturated rings. The lowest BCUT2D eigenvalue weighted by Gasteiger charge is -2.21. The molecule has 0 saturated carbocycles. The van der Waals surface area contributed by atoms with Crippen LogP contribution in [0.3, 0.4) is 0 Å². The van der Waals surface area contributed by atoms with E-state index in [4.69, 9.17) is 0 Å². The van der Waals surface area contributed by atoms with Crippen molar-refractivity contribution in [3.63, 3.8) is 0 Å². The highest BCUT2D eigenvalue weighted by Crippen LogP contribution is 2.20. The van der Waals surface area contributed by atoms with Gasteiger partial charge in [-0.25, -0.2) is 0 Å². The zero-order valence-electron chi connectivity index (χ0n) is 12.1. The molecule has 0 radical (unpaired) electrons. The molecule has 1 aromatic carbocycles. The Bertz CT molecular complexity index is 449. The Balaban J connectivity index is 2.16. The van der Waals surface area contributed by atoms with Crippen LogP contribution in [0.4, 0.5) is 5.69 Å². The maximum absolute atomic E-state index is 12.5. The summed E-state index contributed by atoms with van der Waals surface area (Å²) in [6.45, 7) is 5.59. The summed E-state index contributed by atoms with van der Waals surface area (Å²) in [6.07, 6.45) is 1.03. The zero-order chi connectivity index (χ0) is 13.8. The third kappa shape index (κ3) is 3.26. The Morgan fingerprint density at radius 2 is 2.05 bits per heavy atom. The molecule has 0 bridgehead atoms. The van der Waals surface area contributed by atoms with Crippen LogP contribution in [0.25, 0.3) is 0 Å². The van der Waals surface area contributed by atoms with E-state index < -0.39 is 0 Å². The summed E-state index contributed by atoms with van der Waals surface area (Å²) < 4.78 is 0. The first-order valence-electron chi connectivity index (χ1n) is 6.87. The molecule has 1 aliphatic heterocycles. The summed E-state index contributed by atoms with van der Waals surface area (Å²) in [5, 5.41) is 3.32. The van der Waals surface area contributed by atoms with Crippen molar-refractivity contribution in [1.29, 1.82) is 0 Å². The molecular weight excluding hydrogens is 238 g/mol. The lowest BCUT2D eigenvalue weighted by molar-refractivity contribution is 0.0766. The fourth-order valence-corrected chi connectivity index (χ4v) is 2.52. The molecule has 0 unspecified atom stereocenters. The van der Waals surface area contributed by atoms with Gasteiger partial charge in [-0.1, -0.05) is 0 Å². The minimum atomic E-state index is 0.150. The van der Waals surface area contributed by atoms with Gasteiger partial charge in [-0.05, 0) is 43.7 Å². The number of carbonyl (C=O) groups excluding carboxylic acids is 1. The Morgan fingerprint density at radius 3 is 2.74 bits per heavy atom. The van der Waals surface area contributed by atoms with Crippen molar-refractivity contribution in [1.82, 2.24) is 10.2 Å². The number of amides is 1. The van der Waals surface area contributed by atoms with Gasteiger partial charge in [-0.15, -0.1) is 0 Å². The van der Waals surface area contributed by atoms with Crippen molar-refractivity contribution in [2.45, 2.75) is 13.3 Å². The fourth-order valence-electron chi connectivity index (χ4n) is 2.52. The van der Waals surface area contributed by atoms with Gasteiger partial charge in [0.05, 0.1) is 0 Å². The number of nitrogens with one attached hydrogen (secondary N) is 1. The van der Waals surface area contributed by atoms with Gasteiger partial charge >= 0.3 is 0 Å². The number of benzene rings is 1. The van der Waals surface area contributed by atoms with Crippen LogP contribution in [0.15, 0.2) is 18.2 Å². The second kappa shape index (κ2) is 6.06. The molecule has 1 saturated heterocycles. The smallest absolute Gasteiger partial charge is 0.253 e. The van der Waals surface area contributed by atoms with Crippen LogP contribution < -0.4 is 10.2 Å². The van der Waals surface area contributed by atoms with Crippen LogP contribution >= 0.6 is 0 Å². The molecule has 1 N–H and O–H groups in total. The molecule has 0 aliphatic carbocycles. The third-order valence-electron chi connectivity index (χ3n) is 3.55. The van der Waals surface area contributed by atoms with Crippen LogP contribution in [0, 0.1) is 6.92 Å². The van der Waals surface area contributed by atoms with E-state index in [0.717, 1.165) is 49.4 Å². The van der Waals surface area contributed by atoms with Crippen LogP contribution in [-0.2, 0) is 0 Å². The van der Waals surface area contributed by atoms with Gasteiger partial charge in [-0.3, -0.25) is 4.79 Å². The molecule has 0 atom stereocenters. The fraction of sp³-hybridized carbons (Fsp3) is 0.533. The molecule has 2 rings (SSSR count). The van der Waals surface area contributed by atoms with E-state index in [1.165, 1.54) is 0 Å². The average Bonchev–Trinajstić information content (AvgIpc) is 2.66. The minimum absolute atomic E-state index is 0.150. The molecule has 104 valence electrons. The molecule has 1 aromatic rings. The SMILES string of the molecule is Cc1cc(C(=O)N2CCCNCC2)ccc1N(C)C. The van der Waals surface area contributed by atoms with E-state index in [2.05, 4.69) is 17.1 Å². The quantitative estimate of drug-likeness (QED) is 0.876. The van der Waals surface area contributed by atoms with Gasteiger partial charge < -0.3 is 15.1 Å². The molecule has 4 heteroatoms. The van der Waals surface area contributed by atoms with Crippen LogP contribution in [0.2, 0.25) is 0 Å². The second-order valence-corrected chi connectivity index (χ2v) is 5.29. The van der Waals surface area contributed by atoms with E-state index in [9.17, 15) is 4.79 Å². The van der Waals surface area contributed by atoms with Gasteiger partial charge in [0.1, 0.15) is 0 Å². The summed E-state index contributed by atoms with van der Waals surface area (Å²) in [5.74, 6) is 0.150. The van der Waals surface area contributed by atoms with Crippen molar-refractivity contribution in [3.05, 3.63) is 29.3 Å². The minimum Gasteiger partial charge on any atom is -0.377 e. The molecular formula is C15H23N3O. The monoisotopic (exact) mass is 261 g/mol. The maximum Gasteiger partial charge on any atom is 0.253 e.